The summed E-state index contributed by atoms with van der Waals surface area (Å²) in [5, 5.41) is 0. The van der Waals surface area contributed by atoms with Crippen LogP contribution in [0, 0.1) is 0 Å². The van der Waals surface area contributed by atoms with Gasteiger partial charge in [-0.1, -0.05) is 0 Å². The second-order valence-electron chi connectivity index (χ2n) is 2.60. The minimum Gasteiger partial charge on any atom is -0.462 e. The van der Waals surface area contributed by atoms with Crippen molar-refractivity contribution in [2.24, 2.45) is 0 Å². The molecule has 58 valence electrons. The Balaban J connectivity index is 2.42. The first-order valence-corrected chi connectivity index (χ1v) is 3.44. The fourth-order valence-corrected chi connectivity index (χ4v) is 1.14. The third-order valence-electron chi connectivity index (χ3n) is 1.66. The largest absolute Gasteiger partial charge is 0.462 e. The molecule has 1 aliphatic heterocycles. The lowest BCUT2D eigenvalue weighted by Crippen LogP contribution is -2.31. The van der Waals surface area contributed by atoms with Crippen molar-refractivity contribution >= 4 is 5.97 Å². The van der Waals surface area contributed by atoms with E-state index in [1.165, 1.54) is 0 Å². The Morgan fingerprint density at radius 2 is 2.40 bits per heavy atom. The van der Waals surface area contributed by atoms with E-state index in [1.54, 1.807) is 7.11 Å². The second kappa shape index (κ2) is 3.01. The first kappa shape index (κ1) is 7.54. The summed E-state index contributed by atoms with van der Waals surface area (Å²) in [6.45, 7) is 1.88. The molecule has 0 aromatic rings. The maximum Gasteiger partial charge on any atom is 0.308 e. The molecule has 0 unspecified atom stereocenters. The van der Waals surface area contributed by atoms with Gasteiger partial charge in [-0.15, -0.1) is 0 Å². The lowest BCUT2D eigenvalue weighted by atomic mass is 10.1. The standard InChI is InChI=1S/C7H12O3/c1-5-3-6(9-2)4-7(8)10-5/h5-6H,3-4H2,1-2H3/t5-,6+/m0/s1. The Morgan fingerprint density at radius 3 is 2.90 bits per heavy atom. The molecule has 1 heterocycles. The van der Waals surface area contributed by atoms with Crippen molar-refractivity contribution in [2.45, 2.75) is 32.0 Å². The van der Waals surface area contributed by atoms with Gasteiger partial charge >= 0.3 is 5.97 Å². The summed E-state index contributed by atoms with van der Waals surface area (Å²) in [6.07, 6.45) is 1.31. The number of cyclic esters (lactones) is 1. The van der Waals surface area contributed by atoms with Gasteiger partial charge in [0.15, 0.2) is 0 Å². The van der Waals surface area contributed by atoms with Crippen LogP contribution in [0.5, 0.6) is 0 Å². The van der Waals surface area contributed by atoms with Crippen molar-refractivity contribution in [1.82, 2.24) is 0 Å². The minimum atomic E-state index is -0.148. The summed E-state index contributed by atoms with van der Waals surface area (Å²) in [4.78, 5) is 10.7. The van der Waals surface area contributed by atoms with Gasteiger partial charge in [0.05, 0.1) is 12.5 Å². The molecule has 0 spiro atoms. The van der Waals surface area contributed by atoms with Crippen LogP contribution in [0.15, 0.2) is 0 Å². The van der Waals surface area contributed by atoms with Crippen LogP contribution >= 0.6 is 0 Å². The number of carbonyl (C=O) groups is 1. The van der Waals surface area contributed by atoms with Gasteiger partial charge in [-0.2, -0.15) is 0 Å². The topological polar surface area (TPSA) is 35.5 Å². The highest BCUT2D eigenvalue weighted by Gasteiger charge is 2.25. The number of esters is 1. The molecular formula is C7H12O3. The van der Waals surface area contributed by atoms with Crippen LogP contribution in [0.3, 0.4) is 0 Å². The molecular weight excluding hydrogens is 132 g/mol. The van der Waals surface area contributed by atoms with Crippen molar-refractivity contribution in [1.29, 1.82) is 0 Å². The van der Waals surface area contributed by atoms with E-state index in [4.69, 9.17) is 9.47 Å². The number of methoxy groups -OCH3 is 1. The number of rotatable bonds is 1. The summed E-state index contributed by atoms with van der Waals surface area (Å²) in [7, 11) is 1.62. The van der Waals surface area contributed by atoms with Gasteiger partial charge in [0.25, 0.3) is 0 Å². The van der Waals surface area contributed by atoms with Crippen molar-refractivity contribution in [3.05, 3.63) is 0 Å². The molecule has 0 radical (unpaired) electrons. The Morgan fingerprint density at radius 1 is 1.70 bits per heavy atom. The van der Waals surface area contributed by atoms with Gasteiger partial charge in [-0.05, 0) is 6.92 Å². The van der Waals surface area contributed by atoms with Crippen LogP contribution in [0.2, 0.25) is 0 Å². The lowest BCUT2D eigenvalue weighted by molar-refractivity contribution is -0.159. The first-order valence-electron chi connectivity index (χ1n) is 3.44. The van der Waals surface area contributed by atoms with Gasteiger partial charge in [0.1, 0.15) is 6.10 Å². The zero-order valence-corrected chi connectivity index (χ0v) is 6.29. The Bertz CT molecular complexity index is 133. The SMILES string of the molecule is CO[C@H]1CC(=O)O[C@@H](C)C1. The van der Waals surface area contributed by atoms with Crippen LogP contribution in [0.1, 0.15) is 19.8 Å². The van der Waals surface area contributed by atoms with Crippen molar-refractivity contribution in [2.75, 3.05) is 7.11 Å². The molecule has 0 aromatic carbocycles. The van der Waals surface area contributed by atoms with Crippen molar-refractivity contribution < 1.29 is 14.3 Å². The second-order valence-corrected chi connectivity index (χ2v) is 2.60. The Hall–Kier alpha value is -0.570. The third-order valence-corrected chi connectivity index (χ3v) is 1.66. The highest BCUT2D eigenvalue weighted by molar-refractivity contribution is 5.70. The maximum absolute atomic E-state index is 10.7. The molecule has 0 amide bonds. The number of hydrogen-bond donors (Lipinski definition) is 0. The number of carbonyl (C=O) groups excluding carboxylic acids is 1. The molecule has 0 aliphatic carbocycles. The first-order chi connectivity index (χ1) is 4.72. The van der Waals surface area contributed by atoms with E-state index in [9.17, 15) is 4.79 Å². The van der Waals surface area contributed by atoms with Gasteiger partial charge in [0, 0.05) is 13.5 Å². The van der Waals surface area contributed by atoms with Gasteiger partial charge in [0.2, 0.25) is 0 Å². The molecule has 1 rings (SSSR count). The highest BCUT2D eigenvalue weighted by atomic mass is 16.6. The molecule has 2 atom stereocenters. The molecule has 1 saturated heterocycles. The van der Waals surface area contributed by atoms with Gasteiger partial charge in [-0.3, -0.25) is 4.79 Å². The summed E-state index contributed by atoms with van der Waals surface area (Å²) >= 11 is 0. The molecule has 10 heavy (non-hydrogen) atoms. The summed E-state index contributed by atoms with van der Waals surface area (Å²) < 4.78 is 9.93. The number of ether oxygens (including phenoxy) is 2. The van der Waals surface area contributed by atoms with Crippen molar-refractivity contribution in [3.63, 3.8) is 0 Å². The molecule has 3 nitrogen and oxygen atoms in total. The van der Waals surface area contributed by atoms with E-state index in [2.05, 4.69) is 0 Å². The fraction of sp³-hybridized carbons (Fsp3) is 0.857. The van der Waals surface area contributed by atoms with E-state index in [-0.39, 0.29) is 18.2 Å². The van der Waals surface area contributed by atoms with E-state index in [0.29, 0.717) is 6.42 Å². The number of hydrogen-bond acceptors (Lipinski definition) is 3. The summed E-state index contributed by atoms with van der Waals surface area (Å²) in [5.74, 6) is -0.148. The molecule has 1 aliphatic rings. The Labute approximate surface area is 60.3 Å². The van der Waals surface area contributed by atoms with Crippen LogP contribution in [-0.2, 0) is 14.3 Å². The minimum absolute atomic E-state index is 0.0196. The van der Waals surface area contributed by atoms with Crippen LogP contribution in [0.25, 0.3) is 0 Å². The van der Waals surface area contributed by atoms with E-state index < -0.39 is 0 Å². The zero-order valence-electron chi connectivity index (χ0n) is 6.29. The molecule has 0 saturated carbocycles. The lowest BCUT2D eigenvalue weighted by Gasteiger charge is -2.25. The summed E-state index contributed by atoms with van der Waals surface area (Å²) in [5.41, 5.74) is 0. The average Bonchev–Trinajstić information content (AvgIpc) is 1.85. The van der Waals surface area contributed by atoms with Crippen LogP contribution < -0.4 is 0 Å². The zero-order chi connectivity index (χ0) is 7.56. The fourth-order valence-electron chi connectivity index (χ4n) is 1.14. The maximum atomic E-state index is 10.7. The highest BCUT2D eigenvalue weighted by Crippen LogP contribution is 2.16. The molecule has 1 fully saturated rings. The smallest absolute Gasteiger partial charge is 0.308 e. The van der Waals surface area contributed by atoms with Crippen LogP contribution in [-0.4, -0.2) is 25.3 Å². The normalized spacial score (nSPS) is 33.6. The molecule has 0 aromatic heterocycles. The van der Waals surface area contributed by atoms with E-state index in [0.717, 1.165) is 6.42 Å². The van der Waals surface area contributed by atoms with E-state index in [1.807, 2.05) is 6.92 Å². The van der Waals surface area contributed by atoms with Gasteiger partial charge < -0.3 is 9.47 Å². The summed E-state index contributed by atoms with van der Waals surface area (Å²) in [6, 6.07) is 0. The predicted octanol–water partition coefficient (Wildman–Crippen LogP) is 0.727. The molecule has 3 heteroatoms. The quantitative estimate of drug-likeness (QED) is 0.509. The molecule has 0 bridgehead atoms. The van der Waals surface area contributed by atoms with E-state index >= 15 is 0 Å². The van der Waals surface area contributed by atoms with Crippen LogP contribution in [0.4, 0.5) is 0 Å². The Kier molecular flexibility index (Phi) is 2.27. The predicted molar refractivity (Wildman–Crippen MR) is 35.6 cm³/mol. The third kappa shape index (κ3) is 1.70. The average molecular weight is 144 g/mol. The monoisotopic (exact) mass is 144 g/mol. The van der Waals surface area contributed by atoms with Gasteiger partial charge in [-0.25, -0.2) is 0 Å². The molecule has 0 N–H and O–H groups in total. The van der Waals surface area contributed by atoms with Crippen molar-refractivity contribution in [3.8, 4) is 0 Å².